The Morgan fingerprint density at radius 2 is 2.00 bits per heavy atom. The zero-order valence-corrected chi connectivity index (χ0v) is 15.0. The second kappa shape index (κ2) is 7.31. The first-order valence-electron chi connectivity index (χ1n) is 8.22. The average Bonchev–Trinajstić information content (AvgIpc) is 3.02. The number of nitrogens with zero attached hydrogens (tertiary/aromatic N) is 3. The van der Waals surface area contributed by atoms with Gasteiger partial charge in [-0.2, -0.15) is 5.10 Å². The molecule has 23 heavy (non-hydrogen) atoms. The molecule has 130 valence electrons. The lowest BCUT2D eigenvalue weighted by atomic mass is 10.2. The minimum atomic E-state index is -0.218. The lowest BCUT2D eigenvalue weighted by Crippen LogP contribution is -2.45. The zero-order valence-electron chi connectivity index (χ0n) is 15.0. The Balaban J connectivity index is 1.99. The van der Waals surface area contributed by atoms with E-state index in [4.69, 9.17) is 4.74 Å². The van der Waals surface area contributed by atoms with Crippen molar-refractivity contribution in [1.29, 1.82) is 0 Å². The molecule has 0 radical (unpaired) electrons. The van der Waals surface area contributed by atoms with Crippen molar-refractivity contribution < 1.29 is 9.53 Å². The van der Waals surface area contributed by atoms with Crippen LogP contribution in [-0.2, 0) is 4.74 Å². The van der Waals surface area contributed by atoms with Gasteiger partial charge < -0.3 is 10.1 Å². The smallest absolute Gasteiger partial charge is 0.320 e. The molecule has 7 heteroatoms. The number of aryl methyl sites for hydroxylation is 1. The molecule has 1 aliphatic rings. The Morgan fingerprint density at radius 3 is 2.57 bits per heavy atom. The highest BCUT2D eigenvalue weighted by Gasteiger charge is 2.35. The second-order valence-corrected chi connectivity index (χ2v) is 6.74. The van der Waals surface area contributed by atoms with Crippen molar-refractivity contribution in [2.24, 2.45) is 0 Å². The van der Waals surface area contributed by atoms with Crippen LogP contribution in [0, 0.1) is 6.92 Å². The van der Waals surface area contributed by atoms with Crippen LogP contribution < -0.4 is 10.6 Å². The van der Waals surface area contributed by atoms with Gasteiger partial charge in [0.25, 0.3) is 0 Å². The number of methoxy groups -OCH3 is 1. The third kappa shape index (κ3) is 4.23. The van der Waals surface area contributed by atoms with E-state index in [-0.39, 0.29) is 24.2 Å². The molecule has 7 nitrogen and oxygen atoms in total. The predicted octanol–water partition coefficient (Wildman–Crippen LogP) is 2.00. The van der Waals surface area contributed by atoms with Crippen molar-refractivity contribution in [3.63, 3.8) is 0 Å². The van der Waals surface area contributed by atoms with Gasteiger partial charge in [0.2, 0.25) is 0 Å². The molecule has 2 rings (SSSR count). The molecule has 0 saturated carbocycles. The SMILES string of the molecule is CO[C@H]1CN(C(C)C)C[C@@H]1NC(=O)Nc1cc(C)nn1C(C)C. The van der Waals surface area contributed by atoms with E-state index in [2.05, 4.69) is 34.5 Å². The number of carbonyl (C=O) groups excluding carboxylic acids is 1. The van der Waals surface area contributed by atoms with Gasteiger partial charge in [0, 0.05) is 38.3 Å². The summed E-state index contributed by atoms with van der Waals surface area (Å²) in [4.78, 5) is 14.7. The van der Waals surface area contributed by atoms with E-state index in [1.54, 1.807) is 7.11 Å². The maximum atomic E-state index is 12.4. The van der Waals surface area contributed by atoms with E-state index in [9.17, 15) is 4.79 Å². The first-order chi connectivity index (χ1) is 10.8. The molecule has 1 aromatic rings. The number of anilines is 1. The number of amides is 2. The Bertz CT molecular complexity index is 541. The van der Waals surface area contributed by atoms with Gasteiger partial charge in [-0.15, -0.1) is 0 Å². The number of ether oxygens (including phenoxy) is 1. The number of carbonyl (C=O) groups is 1. The summed E-state index contributed by atoms with van der Waals surface area (Å²) >= 11 is 0. The highest BCUT2D eigenvalue weighted by atomic mass is 16.5. The molecule has 0 aromatic carbocycles. The van der Waals surface area contributed by atoms with Gasteiger partial charge in [0.15, 0.2) is 0 Å². The van der Waals surface area contributed by atoms with Gasteiger partial charge in [0.1, 0.15) is 5.82 Å². The fourth-order valence-electron chi connectivity index (χ4n) is 2.93. The van der Waals surface area contributed by atoms with Crippen molar-refractivity contribution in [2.75, 3.05) is 25.5 Å². The normalized spacial score (nSPS) is 22.1. The summed E-state index contributed by atoms with van der Waals surface area (Å²) in [6.45, 7) is 11.9. The van der Waals surface area contributed by atoms with E-state index >= 15 is 0 Å². The summed E-state index contributed by atoms with van der Waals surface area (Å²) in [6.07, 6.45) is 0.0138. The lowest BCUT2D eigenvalue weighted by molar-refractivity contribution is 0.0896. The van der Waals surface area contributed by atoms with E-state index in [1.807, 2.05) is 31.5 Å². The van der Waals surface area contributed by atoms with Gasteiger partial charge in [-0.25, -0.2) is 9.48 Å². The topological polar surface area (TPSA) is 71.4 Å². The highest BCUT2D eigenvalue weighted by molar-refractivity contribution is 5.88. The third-order valence-corrected chi connectivity index (χ3v) is 4.23. The Hall–Kier alpha value is -1.60. The maximum absolute atomic E-state index is 12.4. The molecular weight excluding hydrogens is 294 g/mol. The van der Waals surface area contributed by atoms with Crippen LogP contribution in [0.3, 0.4) is 0 Å². The second-order valence-electron chi connectivity index (χ2n) is 6.74. The number of aromatic nitrogens is 2. The van der Waals surface area contributed by atoms with Crippen LogP contribution >= 0.6 is 0 Å². The van der Waals surface area contributed by atoms with Crippen molar-refractivity contribution in [2.45, 2.75) is 58.8 Å². The van der Waals surface area contributed by atoms with Gasteiger partial charge in [-0.1, -0.05) is 0 Å². The van der Waals surface area contributed by atoms with Gasteiger partial charge >= 0.3 is 6.03 Å². The molecule has 2 N–H and O–H groups in total. The van der Waals surface area contributed by atoms with E-state index in [1.165, 1.54) is 0 Å². The molecule has 1 aliphatic heterocycles. The van der Waals surface area contributed by atoms with Crippen LogP contribution in [0.15, 0.2) is 6.07 Å². The van der Waals surface area contributed by atoms with Crippen LogP contribution in [0.4, 0.5) is 10.6 Å². The molecule has 0 unspecified atom stereocenters. The van der Waals surface area contributed by atoms with Crippen molar-refractivity contribution >= 4 is 11.8 Å². The summed E-state index contributed by atoms with van der Waals surface area (Å²) in [5.74, 6) is 0.711. The first-order valence-corrected chi connectivity index (χ1v) is 8.22. The van der Waals surface area contributed by atoms with Crippen LogP contribution in [0.25, 0.3) is 0 Å². The molecule has 0 bridgehead atoms. The minimum Gasteiger partial charge on any atom is -0.378 e. The molecule has 0 aliphatic carbocycles. The van der Waals surface area contributed by atoms with Crippen LogP contribution in [0.5, 0.6) is 0 Å². The number of likely N-dealkylation sites (tertiary alicyclic amines) is 1. The summed E-state index contributed by atoms with van der Waals surface area (Å²) in [5.41, 5.74) is 0.885. The minimum absolute atomic E-state index is 0.0138. The third-order valence-electron chi connectivity index (χ3n) is 4.23. The summed E-state index contributed by atoms with van der Waals surface area (Å²) in [6, 6.07) is 2.27. The van der Waals surface area contributed by atoms with E-state index in [0.29, 0.717) is 11.9 Å². The summed E-state index contributed by atoms with van der Waals surface area (Å²) < 4.78 is 7.34. The monoisotopic (exact) mass is 323 g/mol. The number of hydrogen-bond donors (Lipinski definition) is 2. The van der Waals surface area contributed by atoms with E-state index in [0.717, 1.165) is 18.8 Å². The molecule has 2 heterocycles. The predicted molar refractivity (Wildman–Crippen MR) is 90.8 cm³/mol. The average molecular weight is 323 g/mol. The number of nitrogens with one attached hydrogen (secondary N) is 2. The van der Waals surface area contributed by atoms with Gasteiger partial charge in [0.05, 0.1) is 17.8 Å². The fraction of sp³-hybridized carbons (Fsp3) is 0.750. The molecule has 1 aromatic heterocycles. The fourth-order valence-corrected chi connectivity index (χ4v) is 2.93. The summed E-state index contributed by atoms with van der Waals surface area (Å²) in [7, 11) is 1.69. The molecular formula is C16H29N5O2. The van der Waals surface area contributed by atoms with Crippen LogP contribution in [0.2, 0.25) is 0 Å². The van der Waals surface area contributed by atoms with Crippen molar-refractivity contribution in [3.8, 4) is 0 Å². The highest BCUT2D eigenvalue weighted by Crippen LogP contribution is 2.18. The van der Waals surface area contributed by atoms with Crippen LogP contribution in [-0.4, -0.2) is 59.1 Å². The number of hydrogen-bond acceptors (Lipinski definition) is 4. The standard InChI is InChI=1S/C16H29N5O2/c1-10(2)20-8-13(14(9-20)23-6)17-16(22)18-15-7-12(5)19-21(15)11(3)4/h7,10-11,13-14H,8-9H2,1-6H3,(H2,17,18,22)/t13-,14-/m0/s1. The number of rotatable bonds is 5. The lowest BCUT2D eigenvalue weighted by Gasteiger charge is -2.20. The quantitative estimate of drug-likeness (QED) is 0.869. The van der Waals surface area contributed by atoms with Gasteiger partial charge in [-0.3, -0.25) is 10.2 Å². The van der Waals surface area contributed by atoms with Crippen molar-refractivity contribution in [1.82, 2.24) is 20.0 Å². The molecule has 2 atom stereocenters. The largest absolute Gasteiger partial charge is 0.378 e. The Kier molecular flexibility index (Phi) is 5.64. The molecule has 0 spiro atoms. The summed E-state index contributed by atoms with van der Waals surface area (Å²) in [5, 5.41) is 10.3. The molecule has 2 amide bonds. The Labute approximate surface area is 138 Å². The van der Waals surface area contributed by atoms with E-state index < -0.39 is 0 Å². The molecule has 1 fully saturated rings. The zero-order chi connectivity index (χ0) is 17.1. The van der Waals surface area contributed by atoms with Gasteiger partial charge in [-0.05, 0) is 34.6 Å². The molecule has 1 saturated heterocycles. The Morgan fingerprint density at radius 1 is 1.30 bits per heavy atom. The van der Waals surface area contributed by atoms with Crippen LogP contribution in [0.1, 0.15) is 39.4 Å². The van der Waals surface area contributed by atoms with Crippen molar-refractivity contribution in [3.05, 3.63) is 11.8 Å². The first kappa shape index (κ1) is 17.7. The maximum Gasteiger partial charge on any atom is 0.320 e. The number of urea groups is 1.